The molecular weight excluding hydrogens is 366 g/mol. The minimum absolute atomic E-state index is 0.0345. The maximum atomic E-state index is 13.2. The number of carbonyl (C=O) groups excluding carboxylic acids is 2. The molecule has 0 saturated heterocycles. The van der Waals surface area contributed by atoms with E-state index in [1.54, 1.807) is 42.5 Å². The van der Waals surface area contributed by atoms with Crippen LogP contribution in [0, 0.1) is 0 Å². The van der Waals surface area contributed by atoms with Crippen molar-refractivity contribution in [1.82, 2.24) is 4.31 Å². The van der Waals surface area contributed by atoms with Gasteiger partial charge in [-0.15, -0.1) is 6.58 Å². The number of allylic oxidation sites excluding steroid dienone is 1. The highest BCUT2D eigenvalue weighted by atomic mass is 32.2. The lowest BCUT2D eigenvalue weighted by atomic mass is 10.0. The monoisotopic (exact) mass is 383 g/mol. The summed E-state index contributed by atoms with van der Waals surface area (Å²) in [6.45, 7) is 4.63. The summed E-state index contributed by atoms with van der Waals surface area (Å²) in [5.41, 5.74) is 0.239. The van der Waals surface area contributed by atoms with E-state index in [1.165, 1.54) is 25.1 Å². The molecule has 0 bridgehead atoms. The van der Waals surface area contributed by atoms with E-state index in [2.05, 4.69) is 6.58 Å². The van der Waals surface area contributed by atoms with Crippen LogP contribution in [0.2, 0.25) is 0 Å². The molecule has 1 aliphatic heterocycles. The van der Waals surface area contributed by atoms with Crippen LogP contribution < -0.4 is 0 Å². The highest BCUT2D eigenvalue weighted by molar-refractivity contribution is 7.89. The second-order valence-corrected chi connectivity index (χ2v) is 7.62. The molecule has 0 radical (unpaired) electrons. The lowest BCUT2D eigenvalue weighted by Gasteiger charge is -2.32. The average molecular weight is 383 g/mol. The van der Waals surface area contributed by atoms with Gasteiger partial charge < -0.3 is 4.74 Å². The van der Waals surface area contributed by atoms with Gasteiger partial charge in [0, 0.05) is 18.1 Å². The lowest BCUT2D eigenvalue weighted by Crippen LogP contribution is -2.38. The number of sulfonamides is 1. The zero-order valence-corrected chi connectivity index (χ0v) is 15.4. The number of benzene rings is 2. The predicted molar refractivity (Wildman–Crippen MR) is 100.0 cm³/mol. The summed E-state index contributed by atoms with van der Waals surface area (Å²) in [4.78, 5) is 24.8. The van der Waals surface area contributed by atoms with Crippen molar-refractivity contribution in [3.05, 3.63) is 84.1 Å². The number of carbonyl (C=O) groups is 2. The van der Waals surface area contributed by atoms with Crippen LogP contribution in [-0.4, -0.2) is 31.0 Å². The predicted octanol–water partition coefficient (Wildman–Crippen LogP) is 2.99. The normalized spacial score (nSPS) is 15.1. The van der Waals surface area contributed by atoms with Crippen molar-refractivity contribution in [3.8, 4) is 0 Å². The Morgan fingerprint density at radius 2 is 1.70 bits per heavy atom. The van der Waals surface area contributed by atoms with Gasteiger partial charge in [-0.3, -0.25) is 13.9 Å². The number of ether oxygens (including phenoxy) is 1. The molecule has 6 nitrogen and oxygen atoms in total. The minimum atomic E-state index is -4.02. The van der Waals surface area contributed by atoms with Crippen LogP contribution in [-0.2, 0) is 19.6 Å². The maximum Gasteiger partial charge on any atom is 0.308 e. The van der Waals surface area contributed by atoms with Gasteiger partial charge in [-0.05, 0) is 12.1 Å². The smallest absolute Gasteiger partial charge is 0.308 e. The highest BCUT2D eigenvalue weighted by Crippen LogP contribution is 2.38. The summed E-state index contributed by atoms with van der Waals surface area (Å²) in [6.07, 6.45) is 1.37. The largest absolute Gasteiger partial charge is 0.424 e. The number of hydrogen-bond acceptors (Lipinski definition) is 5. The zero-order chi connectivity index (χ0) is 19.6. The van der Waals surface area contributed by atoms with Gasteiger partial charge in [0.05, 0.1) is 11.4 Å². The number of hydrogen-bond donors (Lipinski definition) is 0. The van der Waals surface area contributed by atoms with E-state index in [4.69, 9.17) is 4.74 Å². The summed E-state index contributed by atoms with van der Waals surface area (Å²) in [5.74, 6) is -1.30. The van der Waals surface area contributed by atoms with Gasteiger partial charge in [0.25, 0.3) is 10.0 Å². The Morgan fingerprint density at radius 1 is 1.07 bits per heavy atom. The first kappa shape index (κ1) is 18.6. The molecule has 3 rings (SSSR count). The molecule has 0 N–H and O–H groups in total. The number of rotatable bonds is 5. The second kappa shape index (κ2) is 7.20. The van der Waals surface area contributed by atoms with Crippen molar-refractivity contribution in [2.75, 3.05) is 6.54 Å². The molecular formula is C20H17NO5S. The fourth-order valence-electron chi connectivity index (χ4n) is 2.86. The van der Waals surface area contributed by atoms with Crippen LogP contribution in [0.5, 0.6) is 0 Å². The van der Waals surface area contributed by atoms with E-state index >= 15 is 0 Å². The second-order valence-electron chi connectivity index (χ2n) is 5.79. The molecule has 0 aromatic heterocycles. The number of esters is 1. The number of ketones is 1. The van der Waals surface area contributed by atoms with E-state index in [0.29, 0.717) is 0 Å². The summed E-state index contributed by atoms with van der Waals surface area (Å²) in [5, 5.41) is 0. The van der Waals surface area contributed by atoms with Crippen LogP contribution in [0.25, 0.3) is 5.76 Å². The molecule has 2 aromatic carbocycles. The molecule has 0 amide bonds. The molecule has 0 fully saturated rings. The quantitative estimate of drug-likeness (QED) is 0.450. The van der Waals surface area contributed by atoms with Gasteiger partial charge in [-0.1, -0.05) is 48.5 Å². The molecule has 138 valence electrons. The molecule has 0 saturated carbocycles. The maximum absolute atomic E-state index is 13.2. The van der Waals surface area contributed by atoms with Crippen molar-refractivity contribution in [3.63, 3.8) is 0 Å². The molecule has 1 aliphatic rings. The average Bonchev–Trinajstić information content (AvgIpc) is 2.66. The van der Waals surface area contributed by atoms with Gasteiger partial charge >= 0.3 is 5.97 Å². The summed E-state index contributed by atoms with van der Waals surface area (Å²) >= 11 is 0. The molecule has 1 heterocycles. The van der Waals surface area contributed by atoms with Crippen LogP contribution in [0.3, 0.4) is 0 Å². The van der Waals surface area contributed by atoms with Crippen LogP contribution in [0.15, 0.2) is 77.8 Å². The topological polar surface area (TPSA) is 80.8 Å². The first-order chi connectivity index (χ1) is 12.9. The zero-order valence-electron chi connectivity index (χ0n) is 14.6. The molecule has 27 heavy (non-hydrogen) atoms. The number of nitrogens with zero attached hydrogens (tertiary/aromatic N) is 1. The summed E-state index contributed by atoms with van der Waals surface area (Å²) in [6, 6.07) is 14.3. The molecule has 0 aliphatic carbocycles. The Balaban J connectivity index is 2.36. The van der Waals surface area contributed by atoms with Crippen molar-refractivity contribution in [2.45, 2.75) is 11.8 Å². The third kappa shape index (κ3) is 3.29. The van der Waals surface area contributed by atoms with E-state index in [-0.39, 0.29) is 34.0 Å². The van der Waals surface area contributed by atoms with Crippen LogP contribution in [0.4, 0.5) is 0 Å². The van der Waals surface area contributed by atoms with Gasteiger partial charge in [0.1, 0.15) is 5.70 Å². The van der Waals surface area contributed by atoms with E-state index in [1.807, 2.05) is 0 Å². The summed E-state index contributed by atoms with van der Waals surface area (Å²) in [7, 11) is -4.02. The third-order valence-corrected chi connectivity index (χ3v) is 5.78. The summed E-state index contributed by atoms with van der Waals surface area (Å²) < 4.78 is 32.5. The molecule has 2 aromatic rings. The fourth-order valence-corrected chi connectivity index (χ4v) is 4.49. The Bertz CT molecular complexity index is 1050. The number of fused-ring (bicyclic) bond motifs is 1. The minimum Gasteiger partial charge on any atom is -0.424 e. The Kier molecular flexibility index (Phi) is 4.96. The van der Waals surface area contributed by atoms with Crippen molar-refractivity contribution in [1.29, 1.82) is 0 Å². The van der Waals surface area contributed by atoms with Crippen molar-refractivity contribution in [2.24, 2.45) is 0 Å². The van der Waals surface area contributed by atoms with E-state index < -0.39 is 21.8 Å². The van der Waals surface area contributed by atoms with E-state index in [0.717, 1.165) is 4.31 Å². The fraction of sp³-hybridized carbons (Fsp3) is 0.100. The van der Waals surface area contributed by atoms with Crippen LogP contribution >= 0.6 is 0 Å². The van der Waals surface area contributed by atoms with Gasteiger partial charge in [-0.2, -0.15) is 0 Å². The SMILES string of the molecule is C=CCN1C(C(=O)c2ccccc2)=C(OC(C)=O)c2ccccc2S1(=O)=O. The Labute approximate surface area is 157 Å². The van der Waals surface area contributed by atoms with Gasteiger partial charge in [0.2, 0.25) is 5.78 Å². The lowest BCUT2D eigenvalue weighted by molar-refractivity contribution is -0.134. The molecule has 0 unspecified atom stereocenters. The van der Waals surface area contributed by atoms with Gasteiger partial charge in [0.15, 0.2) is 5.76 Å². The van der Waals surface area contributed by atoms with Crippen LogP contribution in [0.1, 0.15) is 22.8 Å². The highest BCUT2D eigenvalue weighted by Gasteiger charge is 2.40. The van der Waals surface area contributed by atoms with E-state index in [9.17, 15) is 18.0 Å². The van der Waals surface area contributed by atoms with Crippen molar-refractivity contribution >= 4 is 27.5 Å². The third-order valence-electron chi connectivity index (χ3n) is 3.96. The standard InChI is InChI=1S/C20H17NO5S/c1-3-13-21-18(19(23)15-9-5-4-6-10-15)20(26-14(2)22)16-11-7-8-12-17(16)27(21,24)25/h3-12H,1,13H2,2H3. The molecule has 0 atom stereocenters. The first-order valence-corrected chi connectivity index (χ1v) is 9.57. The molecule has 0 spiro atoms. The Morgan fingerprint density at radius 3 is 2.33 bits per heavy atom. The first-order valence-electron chi connectivity index (χ1n) is 8.13. The molecule has 7 heteroatoms. The van der Waals surface area contributed by atoms with Crippen molar-refractivity contribution < 1.29 is 22.7 Å². The van der Waals surface area contributed by atoms with Gasteiger partial charge in [-0.25, -0.2) is 8.42 Å². The number of Topliss-reactive ketones (excluding diaryl/α,β-unsaturated/α-hetero) is 1. The Hall–Kier alpha value is -3.19.